The van der Waals surface area contributed by atoms with Crippen molar-refractivity contribution in [3.63, 3.8) is 0 Å². The fraction of sp³-hybridized carbons (Fsp3) is 0.875. The summed E-state index contributed by atoms with van der Waals surface area (Å²) in [6, 6.07) is 0. The molecule has 420 valence electrons. The second kappa shape index (κ2) is 47.6. The van der Waals surface area contributed by atoms with Crippen molar-refractivity contribution in [2.45, 2.75) is 219 Å². The first kappa shape index (κ1) is 68.8. The third-order valence-electron chi connectivity index (χ3n) is 13.7. The minimum absolute atomic E-state index is 0.0597. The number of hydrogen-bond acceptors (Lipinski definition) is 13. The van der Waals surface area contributed by atoms with Crippen LogP contribution in [0.25, 0.3) is 0 Å². The minimum Gasteiger partial charge on any atom is -0.335 e. The number of rotatable bonds is 53. The quantitative estimate of drug-likeness (QED) is 0.0340. The highest BCUT2D eigenvalue weighted by Gasteiger charge is 2.28. The number of unbranched alkanes of at least 4 members (excludes halogenated alkanes) is 15. The van der Waals surface area contributed by atoms with E-state index in [2.05, 4.69) is 6.92 Å². The summed E-state index contributed by atoms with van der Waals surface area (Å²) in [5.41, 5.74) is 34.9. The Labute approximate surface area is 437 Å². The van der Waals surface area contributed by atoms with Gasteiger partial charge >= 0.3 is 0 Å². The number of hydrogen-bond donors (Lipinski definition) is 6. The largest absolute Gasteiger partial charge is 0.335 e. The van der Waals surface area contributed by atoms with Crippen molar-refractivity contribution in [3.05, 3.63) is 0 Å². The van der Waals surface area contributed by atoms with E-state index in [4.69, 9.17) is 34.4 Å². The van der Waals surface area contributed by atoms with Gasteiger partial charge in [0.15, 0.2) is 11.6 Å². The number of carbonyl (C=O) groups excluding carboxylic acids is 7. The topological polar surface area (TPSA) is 285 Å². The summed E-state index contributed by atoms with van der Waals surface area (Å²) >= 11 is 0. The predicted octanol–water partition coefficient (Wildman–Crippen LogP) is 6.87. The fourth-order valence-corrected chi connectivity index (χ4v) is 9.67. The molecule has 0 aliphatic carbocycles. The third-order valence-corrected chi connectivity index (χ3v) is 13.7. The molecule has 0 heterocycles. The van der Waals surface area contributed by atoms with Gasteiger partial charge in [0.05, 0.1) is 19.6 Å². The Kier molecular flexibility index (Phi) is 45.5. The normalized spacial score (nSPS) is 12.6. The number of nitrogens with zero attached hydrogens (tertiary/aromatic N) is 3. The van der Waals surface area contributed by atoms with E-state index in [1.165, 1.54) is 76.0 Å². The molecule has 0 saturated heterocycles. The lowest BCUT2D eigenvalue weighted by Crippen LogP contribution is -2.43. The number of nitrogens with two attached hydrogens (primary N) is 6. The van der Waals surface area contributed by atoms with Gasteiger partial charge in [-0.05, 0) is 128 Å². The molecule has 0 aromatic rings. The van der Waals surface area contributed by atoms with Gasteiger partial charge in [-0.25, -0.2) is 0 Å². The van der Waals surface area contributed by atoms with Crippen LogP contribution in [0.4, 0.5) is 0 Å². The molecule has 0 bridgehead atoms. The first-order valence-corrected chi connectivity index (χ1v) is 28.9. The van der Waals surface area contributed by atoms with Crippen LogP contribution in [0.1, 0.15) is 219 Å². The van der Waals surface area contributed by atoms with Crippen molar-refractivity contribution < 1.29 is 33.6 Å². The van der Waals surface area contributed by atoms with Gasteiger partial charge in [-0.3, -0.25) is 33.6 Å². The number of Topliss-reactive ketones (excluding diaryl/α,β-unsaturated/α-hetero) is 4. The van der Waals surface area contributed by atoms with Crippen molar-refractivity contribution in [2.24, 2.45) is 52.2 Å². The van der Waals surface area contributed by atoms with Crippen molar-refractivity contribution in [3.8, 4) is 0 Å². The van der Waals surface area contributed by atoms with Gasteiger partial charge in [-0.15, -0.1) is 0 Å². The molecule has 72 heavy (non-hydrogen) atoms. The lowest BCUT2D eigenvalue weighted by Gasteiger charge is -2.30. The van der Waals surface area contributed by atoms with Crippen molar-refractivity contribution in [2.75, 3.05) is 78.5 Å². The van der Waals surface area contributed by atoms with E-state index in [9.17, 15) is 33.6 Å². The zero-order chi connectivity index (χ0) is 53.6. The van der Waals surface area contributed by atoms with Crippen LogP contribution in [0, 0.1) is 17.8 Å². The standard InChI is InChI=1S/C56H109N9O7/c1-3-4-5-6-7-8-9-10-11-12-13-14-15-28-51(67)38-48(25-16-19-32-57)43-64(55(71)30-23-36-61)45-53(69)40-50(27-18-21-34-59)44-65(56(72)31-24-37-62)46-52(68)39-49(26-17-20-33-58)42-63(41-47(2)66)54(70)29-22-35-60/h48-50H,3-46,57-62H2,1-2H3/t48-,49-,50-/m1/s1. The number of carbonyl (C=O) groups is 7. The first-order chi connectivity index (χ1) is 34.8. The Bertz CT molecular complexity index is 1440. The van der Waals surface area contributed by atoms with Crippen LogP contribution in [-0.4, -0.2) is 134 Å². The molecule has 0 aliphatic heterocycles. The summed E-state index contributed by atoms with van der Waals surface area (Å²) in [4.78, 5) is 99.4. The smallest absolute Gasteiger partial charge is 0.223 e. The van der Waals surface area contributed by atoms with E-state index in [1.807, 2.05) is 0 Å². The van der Waals surface area contributed by atoms with Gasteiger partial charge in [0.1, 0.15) is 11.6 Å². The molecule has 16 nitrogen and oxygen atoms in total. The average Bonchev–Trinajstić information content (AvgIpc) is 3.34. The van der Waals surface area contributed by atoms with Crippen LogP contribution in [-0.2, 0) is 33.6 Å². The maximum absolute atomic E-state index is 14.2. The molecule has 0 rings (SSSR count). The Morgan fingerprint density at radius 1 is 0.333 bits per heavy atom. The summed E-state index contributed by atoms with van der Waals surface area (Å²) in [6.45, 7) is 6.44. The lowest BCUT2D eigenvalue weighted by atomic mass is 9.92. The van der Waals surface area contributed by atoms with E-state index < -0.39 is 0 Å². The molecule has 0 aromatic heterocycles. The van der Waals surface area contributed by atoms with Crippen molar-refractivity contribution >= 4 is 40.9 Å². The Morgan fingerprint density at radius 3 is 0.931 bits per heavy atom. The SMILES string of the molecule is CCCCCCCCCCCCCCCC(=O)C[C@@H](CCCCN)CN(CC(=O)C[C@@H](CCCCN)CN(CC(=O)C[C@@H](CCCCN)CN(CC(C)=O)C(=O)CCCN)C(=O)CCCN)C(=O)CCCN. The van der Waals surface area contributed by atoms with Gasteiger partial charge in [-0.2, -0.15) is 0 Å². The summed E-state index contributed by atoms with van der Waals surface area (Å²) in [6.07, 6.45) is 25.5. The highest BCUT2D eigenvalue weighted by molar-refractivity contribution is 5.88. The Balaban J connectivity index is 6.14. The highest BCUT2D eigenvalue weighted by atomic mass is 16.2. The molecule has 12 N–H and O–H groups in total. The second-order valence-electron chi connectivity index (χ2n) is 20.9. The first-order valence-electron chi connectivity index (χ1n) is 28.9. The van der Waals surface area contributed by atoms with Gasteiger partial charge in [-0.1, -0.05) is 103 Å². The van der Waals surface area contributed by atoms with Crippen LogP contribution < -0.4 is 34.4 Å². The fourth-order valence-electron chi connectivity index (χ4n) is 9.67. The Morgan fingerprint density at radius 2 is 0.625 bits per heavy atom. The molecule has 0 aliphatic rings. The minimum atomic E-state index is -0.312. The number of amides is 3. The zero-order valence-corrected chi connectivity index (χ0v) is 46.0. The monoisotopic (exact) mass is 1020 g/mol. The molecular weight excluding hydrogens is 911 g/mol. The van der Waals surface area contributed by atoms with Gasteiger partial charge < -0.3 is 49.1 Å². The molecule has 3 amide bonds. The maximum Gasteiger partial charge on any atom is 0.223 e. The van der Waals surface area contributed by atoms with Crippen LogP contribution in [0.3, 0.4) is 0 Å². The van der Waals surface area contributed by atoms with E-state index in [1.54, 1.807) is 9.80 Å². The molecule has 0 fully saturated rings. The average molecular weight is 1020 g/mol. The molecule has 3 atom stereocenters. The van der Waals surface area contributed by atoms with Gasteiger partial charge in [0.2, 0.25) is 17.7 Å². The number of ketones is 4. The van der Waals surface area contributed by atoms with Crippen LogP contribution >= 0.6 is 0 Å². The third kappa shape index (κ3) is 38.4. The van der Waals surface area contributed by atoms with Crippen LogP contribution in [0.5, 0.6) is 0 Å². The molecule has 0 spiro atoms. The Hall–Kier alpha value is -3.15. The van der Waals surface area contributed by atoms with Crippen molar-refractivity contribution in [1.82, 2.24) is 14.7 Å². The second-order valence-corrected chi connectivity index (χ2v) is 20.9. The summed E-state index contributed by atoms with van der Waals surface area (Å²) in [7, 11) is 0. The van der Waals surface area contributed by atoms with Gasteiger partial charge in [0.25, 0.3) is 0 Å². The molecule has 0 unspecified atom stereocenters. The zero-order valence-electron chi connectivity index (χ0n) is 46.0. The summed E-state index contributed by atoms with van der Waals surface area (Å²) < 4.78 is 0. The molecule has 0 radical (unpaired) electrons. The molecule has 0 aromatic carbocycles. The predicted molar refractivity (Wildman–Crippen MR) is 294 cm³/mol. The van der Waals surface area contributed by atoms with Crippen LogP contribution in [0.15, 0.2) is 0 Å². The molecular formula is C56H109N9O7. The van der Waals surface area contributed by atoms with Crippen molar-refractivity contribution in [1.29, 1.82) is 0 Å². The highest BCUT2D eigenvalue weighted by Crippen LogP contribution is 2.23. The summed E-state index contributed by atoms with van der Waals surface area (Å²) in [5.74, 6) is -1.58. The molecule has 0 saturated carbocycles. The van der Waals surface area contributed by atoms with Gasteiger partial charge in [0, 0.05) is 64.6 Å². The lowest BCUT2D eigenvalue weighted by molar-refractivity contribution is -0.138. The van der Waals surface area contributed by atoms with Crippen LogP contribution in [0.2, 0.25) is 0 Å². The van der Waals surface area contributed by atoms with E-state index in [-0.39, 0.29) is 130 Å². The van der Waals surface area contributed by atoms with E-state index in [0.717, 1.165) is 57.8 Å². The van der Waals surface area contributed by atoms with E-state index >= 15 is 0 Å². The summed E-state index contributed by atoms with van der Waals surface area (Å²) in [5, 5.41) is 0. The molecule has 16 heteroatoms. The van der Waals surface area contributed by atoms with E-state index in [0.29, 0.717) is 90.6 Å². The maximum atomic E-state index is 14.2.